The molecule has 77 heavy (non-hydrogen) atoms. The standard InChI is InChI=1S/C27H33N3O9S.C24H27N3O9S/c31-26(32)20-37-23-11-7-21(8-12-23)18-28-38-16-3-1-2-4-17-39-29-19-22-9-13-24(14-10-22)40(35,36)30-15-5-6-25(30)27(33)34;28-23(29)17-34-20-8-4-18(5-9-20)15-25-35-13-2-14-36-26-16-19-6-10-21(11-7-19)37(32,33)27-12-1-3-22(27)24(30)31/h7-14,18-19,25H,1-6,15-17,20H2,(H,31,32)(H,33,34);4-11,15-16,22H,1-3,12-14,17H2,(H,28,29)(H,30,31)/b28-18-,29-19+;25-15+,26-16+. The molecule has 414 valence electrons. The molecule has 0 bridgehead atoms. The molecule has 2 aliphatic heterocycles. The first kappa shape index (κ1) is 59.9. The lowest BCUT2D eigenvalue weighted by atomic mass is 10.2. The molecule has 4 aromatic rings. The predicted octanol–water partition coefficient (Wildman–Crippen LogP) is 5.53. The molecule has 2 heterocycles. The molecule has 24 nitrogen and oxygen atoms in total. The molecular formula is C51H60N6O18S2. The first-order valence-corrected chi connectivity index (χ1v) is 27.1. The van der Waals surface area contributed by atoms with Gasteiger partial charge in [0.2, 0.25) is 20.0 Å². The maximum Gasteiger partial charge on any atom is 0.341 e. The van der Waals surface area contributed by atoms with Crippen LogP contribution in [-0.4, -0.2) is 159 Å². The average Bonchev–Trinajstić information content (AvgIpc) is 4.16. The van der Waals surface area contributed by atoms with Crippen LogP contribution in [0.3, 0.4) is 0 Å². The summed E-state index contributed by atoms with van der Waals surface area (Å²) in [5.74, 6) is -3.45. The molecule has 4 N–H and O–H groups in total. The Kier molecular flexibility index (Phi) is 24.3. The molecule has 0 aliphatic carbocycles. The van der Waals surface area contributed by atoms with Gasteiger partial charge in [-0.2, -0.15) is 8.61 Å². The first-order chi connectivity index (χ1) is 37.0. The lowest BCUT2D eigenvalue weighted by molar-refractivity contribution is -0.141. The van der Waals surface area contributed by atoms with Crippen LogP contribution in [0.4, 0.5) is 0 Å². The molecule has 2 fully saturated rings. The largest absolute Gasteiger partial charge is 0.482 e. The zero-order valence-electron chi connectivity index (χ0n) is 41.7. The van der Waals surface area contributed by atoms with Crippen LogP contribution >= 0.6 is 0 Å². The van der Waals surface area contributed by atoms with Crippen molar-refractivity contribution in [2.45, 2.75) is 79.7 Å². The van der Waals surface area contributed by atoms with E-state index >= 15 is 0 Å². The SMILES string of the molecule is O=C(O)COc1ccc(/C=N/OCCCO/N=C/c2ccc(S(=O)(=O)N3CCCC3C(=O)O)cc2)cc1.O=C(O)COc1ccc(/C=N\OCCCCCCO/N=C/c2ccc(S(=O)(=O)N3CCCC3C(=O)O)cc2)cc1. The normalized spacial score (nSPS) is 16.1. The predicted molar refractivity (Wildman–Crippen MR) is 278 cm³/mol. The first-order valence-electron chi connectivity index (χ1n) is 24.2. The van der Waals surface area contributed by atoms with E-state index in [1.165, 1.54) is 42.9 Å². The van der Waals surface area contributed by atoms with E-state index in [1.54, 1.807) is 79.0 Å². The molecule has 2 saturated heterocycles. The van der Waals surface area contributed by atoms with E-state index in [9.17, 15) is 46.2 Å². The minimum atomic E-state index is -3.89. The van der Waals surface area contributed by atoms with E-state index in [0.717, 1.165) is 45.4 Å². The number of sulfonamides is 2. The minimum absolute atomic E-state index is 0.0267. The third-order valence-corrected chi connectivity index (χ3v) is 15.1. The Labute approximate surface area is 444 Å². The number of hydrogen-bond donors (Lipinski definition) is 4. The van der Waals surface area contributed by atoms with Crippen molar-refractivity contribution in [2.24, 2.45) is 20.6 Å². The number of rotatable bonds is 31. The second-order valence-corrected chi connectivity index (χ2v) is 20.7. The fourth-order valence-electron chi connectivity index (χ4n) is 7.34. The van der Waals surface area contributed by atoms with Gasteiger partial charge in [0.05, 0.1) is 34.6 Å². The number of ether oxygens (including phenoxy) is 2. The molecule has 2 atom stereocenters. The van der Waals surface area contributed by atoms with Crippen LogP contribution in [0, 0.1) is 0 Å². The Morgan fingerprint density at radius 1 is 0.455 bits per heavy atom. The Bertz CT molecular complexity index is 2870. The fourth-order valence-corrected chi connectivity index (χ4v) is 10.6. The number of carboxylic acid groups (broad SMARTS) is 4. The average molecular weight is 1110 g/mol. The van der Waals surface area contributed by atoms with Crippen LogP contribution in [0.25, 0.3) is 0 Å². The number of benzene rings is 4. The van der Waals surface area contributed by atoms with Crippen molar-refractivity contribution in [3.63, 3.8) is 0 Å². The fraction of sp³-hybridized carbons (Fsp3) is 0.373. The van der Waals surface area contributed by atoms with Crippen molar-refractivity contribution in [3.05, 3.63) is 119 Å². The highest BCUT2D eigenvalue weighted by molar-refractivity contribution is 7.89. The van der Waals surface area contributed by atoms with Gasteiger partial charge in [0.15, 0.2) is 13.2 Å². The minimum Gasteiger partial charge on any atom is -0.482 e. The van der Waals surface area contributed by atoms with Gasteiger partial charge in [-0.25, -0.2) is 26.4 Å². The Balaban J connectivity index is 0.000000285. The van der Waals surface area contributed by atoms with Gasteiger partial charge in [-0.3, -0.25) is 9.59 Å². The summed E-state index contributed by atoms with van der Waals surface area (Å²) in [5.41, 5.74) is 2.84. The number of carboxylic acids is 4. The third-order valence-electron chi connectivity index (χ3n) is 11.2. The number of hydrogen-bond acceptors (Lipinski definition) is 18. The van der Waals surface area contributed by atoms with Crippen LogP contribution in [0.15, 0.2) is 127 Å². The van der Waals surface area contributed by atoms with E-state index in [-0.39, 0.29) is 36.1 Å². The topological polar surface area (TPSA) is 329 Å². The van der Waals surface area contributed by atoms with Crippen molar-refractivity contribution in [3.8, 4) is 11.5 Å². The van der Waals surface area contributed by atoms with Crippen LogP contribution in [0.5, 0.6) is 11.5 Å². The lowest BCUT2D eigenvalue weighted by Crippen LogP contribution is -2.40. The molecular weight excluding hydrogens is 1050 g/mol. The van der Waals surface area contributed by atoms with Gasteiger partial charge in [0.25, 0.3) is 0 Å². The Hall–Kier alpha value is -7.94. The van der Waals surface area contributed by atoms with E-state index in [2.05, 4.69) is 20.6 Å². The van der Waals surface area contributed by atoms with Crippen LogP contribution in [0.1, 0.15) is 80.0 Å². The van der Waals surface area contributed by atoms with Crippen molar-refractivity contribution in [2.75, 3.05) is 52.7 Å². The zero-order chi connectivity index (χ0) is 55.5. The van der Waals surface area contributed by atoms with Crippen LogP contribution < -0.4 is 9.47 Å². The third kappa shape index (κ3) is 20.3. The van der Waals surface area contributed by atoms with Crippen LogP contribution in [-0.2, 0) is 58.6 Å². The quantitative estimate of drug-likeness (QED) is 0.0273. The Morgan fingerprint density at radius 2 is 0.753 bits per heavy atom. The maximum absolute atomic E-state index is 12.8. The summed E-state index contributed by atoms with van der Waals surface area (Å²) in [6.45, 7) is 1.09. The zero-order valence-corrected chi connectivity index (χ0v) is 43.4. The van der Waals surface area contributed by atoms with Crippen molar-refractivity contribution < 1.29 is 85.3 Å². The van der Waals surface area contributed by atoms with E-state index in [1.807, 2.05) is 0 Å². The summed E-state index contributed by atoms with van der Waals surface area (Å²) < 4.78 is 63.3. The summed E-state index contributed by atoms with van der Waals surface area (Å²) in [7, 11) is -7.76. The van der Waals surface area contributed by atoms with Crippen LogP contribution in [0.2, 0.25) is 0 Å². The van der Waals surface area contributed by atoms with Gasteiger partial charge in [0.1, 0.15) is 50.0 Å². The molecule has 26 heteroatoms. The van der Waals surface area contributed by atoms with E-state index in [0.29, 0.717) is 74.6 Å². The molecule has 2 aliphatic rings. The van der Waals surface area contributed by atoms with Gasteiger partial charge >= 0.3 is 23.9 Å². The van der Waals surface area contributed by atoms with Crippen molar-refractivity contribution in [1.82, 2.24) is 8.61 Å². The van der Waals surface area contributed by atoms with Gasteiger partial charge < -0.3 is 49.3 Å². The molecule has 6 rings (SSSR count). The number of unbranched alkanes of at least 4 members (excludes halogenated alkanes) is 3. The molecule has 4 aromatic carbocycles. The highest BCUT2D eigenvalue weighted by Crippen LogP contribution is 2.28. The maximum atomic E-state index is 12.8. The second kappa shape index (κ2) is 31.2. The van der Waals surface area contributed by atoms with E-state index < -0.39 is 62.6 Å². The summed E-state index contributed by atoms with van der Waals surface area (Å²) in [6, 6.07) is 23.5. The molecule has 0 amide bonds. The van der Waals surface area contributed by atoms with Gasteiger partial charge in [0, 0.05) is 19.5 Å². The second-order valence-electron chi connectivity index (χ2n) is 16.9. The Morgan fingerprint density at radius 3 is 1.05 bits per heavy atom. The number of oxime groups is 4. The summed E-state index contributed by atoms with van der Waals surface area (Å²) in [5, 5.41) is 51.2. The molecule has 0 saturated carbocycles. The van der Waals surface area contributed by atoms with Gasteiger partial charge in [-0.05, 0) is 146 Å². The molecule has 2 unspecified atom stereocenters. The van der Waals surface area contributed by atoms with E-state index in [4.69, 9.17) is 39.0 Å². The van der Waals surface area contributed by atoms with Crippen molar-refractivity contribution >= 4 is 68.8 Å². The summed E-state index contributed by atoms with van der Waals surface area (Å²) in [4.78, 5) is 64.6. The van der Waals surface area contributed by atoms with Crippen molar-refractivity contribution in [1.29, 1.82) is 0 Å². The summed E-state index contributed by atoms with van der Waals surface area (Å²) >= 11 is 0. The number of nitrogens with zero attached hydrogens (tertiary/aromatic N) is 6. The molecule has 0 radical (unpaired) electrons. The van der Waals surface area contributed by atoms with Gasteiger partial charge in [-0.15, -0.1) is 0 Å². The molecule has 0 aromatic heterocycles. The number of carbonyl (C=O) groups is 4. The van der Waals surface area contributed by atoms with Gasteiger partial charge in [-0.1, -0.05) is 44.9 Å². The highest BCUT2D eigenvalue weighted by Gasteiger charge is 2.40. The lowest BCUT2D eigenvalue weighted by Gasteiger charge is -2.20. The monoisotopic (exact) mass is 1110 g/mol. The smallest absolute Gasteiger partial charge is 0.341 e. The number of aliphatic carboxylic acids is 4. The highest BCUT2D eigenvalue weighted by atomic mass is 32.2. The summed E-state index contributed by atoms with van der Waals surface area (Å²) in [6.07, 6.45) is 11.7. The molecule has 0 spiro atoms.